The molecule has 0 saturated carbocycles. The van der Waals surface area contributed by atoms with Crippen molar-refractivity contribution in [2.75, 3.05) is 6.54 Å². The lowest BCUT2D eigenvalue weighted by Crippen LogP contribution is -2.50. The van der Waals surface area contributed by atoms with Crippen molar-refractivity contribution in [3.8, 4) is 0 Å². The zero-order valence-electron chi connectivity index (χ0n) is 25.6. The van der Waals surface area contributed by atoms with Crippen LogP contribution in [-0.4, -0.2) is 35.0 Å². The van der Waals surface area contributed by atoms with Crippen molar-refractivity contribution in [1.82, 2.24) is 10.2 Å². The fraction of sp³-hybridized carbons (Fsp3) is 0.500. The largest absolute Gasteiger partial charge is 0.460 e. The topological polar surface area (TPSA) is 75.7 Å². The number of allylic oxidation sites excluding steroid dienone is 1. The number of rotatable bonds is 11. The number of amides is 3. The molecule has 0 aromatic heterocycles. The van der Waals surface area contributed by atoms with E-state index in [1.807, 2.05) is 114 Å². The Morgan fingerprint density at radius 1 is 0.875 bits per heavy atom. The first kappa shape index (κ1) is 32.8. The van der Waals surface area contributed by atoms with Gasteiger partial charge in [0.2, 0.25) is 5.91 Å². The number of nitrogens with one attached hydrogen (secondary N) is 1. The molecule has 2 aromatic carbocycles. The van der Waals surface area contributed by atoms with E-state index in [9.17, 15) is 14.4 Å². The molecule has 2 rings (SSSR count). The van der Waals surface area contributed by atoms with E-state index in [4.69, 9.17) is 4.74 Å². The lowest BCUT2D eigenvalue weighted by molar-refractivity contribution is -0.154. The van der Waals surface area contributed by atoms with Crippen molar-refractivity contribution in [3.63, 3.8) is 0 Å². The van der Waals surface area contributed by atoms with E-state index in [-0.39, 0.29) is 36.2 Å². The Morgan fingerprint density at radius 3 is 1.85 bits per heavy atom. The van der Waals surface area contributed by atoms with Gasteiger partial charge in [0.15, 0.2) is 0 Å². The Bertz CT molecular complexity index is 1070. The van der Waals surface area contributed by atoms with Gasteiger partial charge in [0.05, 0.1) is 12.0 Å². The van der Waals surface area contributed by atoms with Gasteiger partial charge in [-0.15, -0.1) is 0 Å². The van der Waals surface area contributed by atoms with Crippen LogP contribution in [0.3, 0.4) is 0 Å². The van der Waals surface area contributed by atoms with E-state index in [0.717, 1.165) is 11.1 Å². The molecule has 1 N–H and O–H groups in total. The number of urea groups is 1. The Balaban J connectivity index is 2.30. The van der Waals surface area contributed by atoms with Gasteiger partial charge >= 0.3 is 12.0 Å². The minimum absolute atomic E-state index is 0.235. The number of nitrogens with zero attached hydrogens (tertiary/aromatic N) is 1. The average molecular weight is 549 g/mol. The van der Waals surface area contributed by atoms with E-state index in [0.29, 0.717) is 12.8 Å². The SMILES string of the molecule is CC(C)C[C@H](C=CCCC(=O)OC(C)(C)C)C(=O)N(CC(C)(C)C)C(=O)NC(c1ccccc1)c1ccccc1. The van der Waals surface area contributed by atoms with Crippen LogP contribution in [0.1, 0.15) is 91.8 Å². The van der Waals surface area contributed by atoms with Gasteiger partial charge in [-0.05, 0) is 56.1 Å². The molecule has 0 saturated heterocycles. The number of benzene rings is 2. The summed E-state index contributed by atoms with van der Waals surface area (Å²) < 4.78 is 5.39. The number of carbonyl (C=O) groups excluding carboxylic acids is 3. The predicted octanol–water partition coefficient (Wildman–Crippen LogP) is 7.70. The minimum atomic E-state index is -0.533. The average Bonchev–Trinajstić information content (AvgIpc) is 2.86. The van der Waals surface area contributed by atoms with Gasteiger partial charge < -0.3 is 10.1 Å². The summed E-state index contributed by atoms with van der Waals surface area (Å²) in [5.74, 6) is -0.760. The van der Waals surface area contributed by atoms with Crippen LogP contribution in [-0.2, 0) is 14.3 Å². The van der Waals surface area contributed by atoms with Crippen LogP contribution < -0.4 is 5.32 Å². The first-order valence-corrected chi connectivity index (χ1v) is 14.3. The fourth-order valence-electron chi connectivity index (χ4n) is 4.40. The molecule has 40 heavy (non-hydrogen) atoms. The van der Waals surface area contributed by atoms with Crippen molar-refractivity contribution >= 4 is 17.9 Å². The highest BCUT2D eigenvalue weighted by molar-refractivity contribution is 5.96. The lowest BCUT2D eigenvalue weighted by atomic mass is 9.92. The number of imide groups is 1. The number of hydrogen-bond donors (Lipinski definition) is 1. The third kappa shape index (κ3) is 11.8. The number of ether oxygens (including phenoxy) is 1. The summed E-state index contributed by atoms with van der Waals surface area (Å²) in [7, 11) is 0. The van der Waals surface area contributed by atoms with Gasteiger partial charge in [-0.3, -0.25) is 14.5 Å². The second kappa shape index (κ2) is 14.8. The summed E-state index contributed by atoms with van der Waals surface area (Å²) in [4.78, 5) is 41.3. The molecule has 0 bridgehead atoms. The molecule has 0 unspecified atom stereocenters. The monoisotopic (exact) mass is 548 g/mol. The standard InChI is InChI=1S/C34H48N2O4/c1-25(2)23-28(21-15-16-22-29(37)40-34(6,7)8)31(38)36(24-33(3,4)5)32(39)35-30(26-17-11-9-12-18-26)27-19-13-10-14-20-27/h9-15,17-21,25,28,30H,16,22-24H2,1-8H3,(H,35,39)/t28-/m0/s1. The van der Waals surface area contributed by atoms with Gasteiger partial charge in [0, 0.05) is 13.0 Å². The molecule has 0 heterocycles. The highest BCUT2D eigenvalue weighted by atomic mass is 16.6. The normalized spacial score (nSPS) is 12.9. The Morgan fingerprint density at radius 2 is 1.40 bits per heavy atom. The molecule has 6 nitrogen and oxygen atoms in total. The Kier molecular flexibility index (Phi) is 12.2. The second-order valence-electron chi connectivity index (χ2n) is 13.0. The van der Waals surface area contributed by atoms with E-state index < -0.39 is 23.6 Å². The van der Waals surface area contributed by atoms with E-state index >= 15 is 0 Å². The lowest BCUT2D eigenvalue weighted by Gasteiger charge is -2.32. The van der Waals surface area contributed by atoms with Crippen LogP contribution in [0.2, 0.25) is 0 Å². The third-order valence-corrected chi connectivity index (χ3v) is 6.02. The predicted molar refractivity (Wildman–Crippen MR) is 162 cm³/mol. The molecule has 6 heteroatoms. The van der Waals surface area contributed by atoms with Crippen LogP contribution in [0.4, 0.5) is 4.79 Å². The maximum absolute atomic E-state index is 14.0. The van der Waals surface area contributed by atoms with E-state index in [2.05, 4.69) is 19.2 Å². The zero-order valence-corrected chi connectivity index (χ0v) is 25.6. The summed E-state index contributed by atoms with van der Waals surface area (Å²) in [6.07, 6.45) is 5.00. The number of esters is 1. The summed E-state index contributed by atoms with van der Waals surface area (Å²) >= 11 is 0. The molecular weight excluding hydrogens is 500 g/mol. The van der Waals surface area contributed by atoms with Gasteiger partial charge in [-0.2, -0.15) is 0 Å². The molecule has 1 atom stereocenters. The summed E-state index contributed by atoms with van der Waals surface area (Å²) in [6, 6.07) is 18.7. The van der Waals surface area contributed by atoms with E-state index in [1.165, 1.54) is 4.90 Å². The molecule has 0 aliphatic carbocycles. The molecule has 0 aliphatic heterocycles. The van der Waals surface area contributed by atoms with Crippen molar-refractivity contribution < 1.29 is 19.1 Å². The van der Waals surface area contributed by atoms with Crippen molar-refractivity contribution in [2.24, 2.45) is 17.3 Å². The van der Waals surface area contributed by atoms with E-state index in [1.54, 1.807) is 0 Å². The third-order valence-electron chi connectivity index (χ3n) is 6.02. The molecule has 0 aliphatic rings. The van der Waals surface area contributed by atoms with Crippen LogP contribution in [0.5, 0.6) is 0 Å². The molecule has 0 fully saturated rings. The van der Waals surface area contributed by atoms with Crippen LogP contribution in [0.25, 0.3) is 0 Å². The maximum Gasteiger partial charge on any atom is 0.324 e. The summed E-state index contributed by atoms with van der Waals surface area (Å²) in [5, 5.41) is 3.15. The Labute approximate surface area is 241 Å². The van der Waals surface area contributed by atoms with Crippen molar-refractivity contribution in [1.29, 1.82) is 0 Å². The smallest absolute Gasteiger partial charge is 0.324 e. The van der Waals surface area contributed by atoms with Crippen LogP contribution in [0.15, 0.2) is 72.8 Å². The summed E-state index contributed by atoms with van der Waals surface area (Å²) in [5.41, 5.74) is 1.04. The van der Waals surface area contributed by atoms with Crippen molar-refractivity contribution in [2.45, 2.75) is 86.3 Å². The quantitative estimate of drug-likeness (QED) is 0.231. The van der Waals surface area contributed by atoms with Gasteiger partial charge in [-0.1, -0.05) is 107 Å². The molecule has 0 spiro atoms. The van der Waals surface area contributed by atoms with Gasteiger partial charge in [-0.25, -0.2) is 4.79 Å². The number of carbonyl (C=O) groups is 3. The van der Waals surface area contributed by atoms with Crippen molar-refractivity contribution in [3.05, 3.63) is 83.9 Å². The highest BCUT2D eigenvalue weighted by Crippen LogP contribution is 2.25. The molecular formula is C34H48N2O4. The molecule has 3 amide bonds. The summed E-state index contributed by atoms with van der Waals surface area (Å²) in [6.45, 7) is 16.0. The van der Waals surface area contributed by atoms with Crippen LogP contribution in [0, 0.1) is 17.3 Å². The first-order chi connectivity index (χ1) is 18.7. The molecule has 2 aromatic rings. The zero-order chi connectivity index (χ0) is 29.9. The van der Waals surface area contributed by atoms with Gasteiger partial charge in [0.1, 0.15) is 5.60 Å². The second-order valence-corrected chi connectivity index (χ2v) is 13.0. The van der Waals surface area contributed by atoms with Gasteiger partial charge in [0.25, 0.3) is 0 Å². The number of hydrogen-bond acceptors (Lipinski definition) is 4. The molecule has 218 valence electrons. The first-order valence-electron chi connectivity index (χ1n) is 14.3. The maximum atomic E-state index is 14.0. The highest BCUT2D eigenvalue weighted by Gasteiger charge is 2.32. The minimum Gasteiger partial charge on any atom is -0.460 e. The van der Waals surface area contributed by atoms with Crippen LogP contribution >= 0.6 is 0 Å². The Hall–Kier alpha value is -3.41. The molecule has 0 radical (unpaired) electrons. The fourth-order valence-corrected chi connectivity index (χ4v) is 4.40.